The molecule has 2 N–H and O–H groups in total. The highest BCUT2D eigenvalue weighted by Crippen LogP contribution is 2.09. The molecule has 0 aliphatic carbocycles. The topological polar surface area (TPSA) is 74.2 Å². The van der Waals surface area contributed by atoms with Gasteiger partial charge in [-0.2, -0.15) is 0 Å². The molecule has 0 saturated carbocycles. The van der Waals surface area contributed by atoms with Crippen molar-refractivity contribution >= 4 is 12.1 Å². The largest absolute Gasteiger partial charge is 0.444 e. The number of hydrogen-bond donors (Lipinski definition) is 2. The maximum atomic E-state index is 11.6. The van der Waals surface area contributed by atoms with Crippen LogP contribution in [0, 0.1) is 0 Å². The van der Waals surface area contributed by atoms with Gasteiger partial charge in [0.15, 0.2) is 0 Å². The van der Waals surface area contributed by atoms with E-state index in [1.54, 1.807) is 25.7 Å². The van der Waals surface area contributed by atoms with Gasteiger partial charge in [0, 0.05) is 19.6 Å². The van der Waals surface area contributed by atoms with Gasteiger partial charge in [-0.05, 0) is 27.7 Å². The minimum atomic E-state index is -0.532. The van der Waals surface area contributed by atoms with E-state index >= 15 is 0 Å². The molecule has 98 valence electrons. The number of guanidine groups is 1. The van der Waals surface area contributed by atoms with Crippen molar-refractivity contribution < 1.29 is 14.6 Å². The molecule has 1 aliphatic heterocycles. The van der Waals surface area contributed by atoms with Gasteiger partial charge >= 0.3 is 6.09 Å². The number of nitrogens with one attached hydrogen (secondary N) is 1. The number of β-amino-alcohol motifs (C(OH)–C–C–N with tert-alkyl or cyclic N) is 1. The highest BCUT2D eigenvalue weighted by atomic mass is 16.6. The molecule has 0 bridgehead atoms. The average molecular weight is 243 g/mol. The number of carbonyl (C=O) groups is 1. The number of amides is 1. The average Bonchev–Trinajstić information content (AvgIpc) is 2.09. The van der Waals surface area contributed by atoms with Crippen molar-refractivity contribution in [1.29, 1.82) is 0 Å². The van der Waals surface area contributed by atoms with Gasteiger partial charge in [-0.3, -0.25) is 10.3 Å². The number of ether oxygens (including phenoxy) is 1. The van der Waals surface area contributed by atoms with E-state index in [1.165, 1.54) is 0 Å². The van der Waals surface area contributed by atoms with E-state index in [9.17, 15) is 9.90 Å². The van der Waals surface area contributed by atoms with Crippen LogP contribution in [0.15, 0.2) is 4.99 Å². The first-order valence-corrected chi connectivity index (χ1v) is 5.79. The minimum absolute atomic E-state index is 0.336. The zero-order valence-corrected chi connectivity index (χ0v) is 10.9. The van der Waals surface area contributed by atoms with E-state index in [4.69, 9.17) is 4.74 Å². The highest BCUT2D eigenvalue weighted by Gasteiger charge is 2.29. The third-order valence-electron chi connectivity index (χ3n) is 2.08. The van der Waals surface area contributed by atoms with Gasteiger partial charge in [0.05, 0.1) is 6.10 Å². The second-order valence-corrected chi connectivity index (χ2v) is 4.98. The maximum Gasteiger partial charge on any atom is 0.414 e. The van der Waals surface area contributed by atoms with Gasteiger partial charge in [0.1, 0.15) is 5.60 Å². The van der Waals surface area contributed by atoms with Crippen molar-refractivity contribution in [1.82, 2.24) is 10.2 Å². The fourth-order valence-electron chi connectivity index (χ4n) is 1.39. The molecule has 17 heavy (non-hydrogen) atoms. The predicted octanol–water partition coefficient (Wildman–Crippen LogP) is 0.564. The van der Waals surface area contributed by atoms with Crippen LogP contribution in [0.4, 0.5) is 4.79 Å². The molecule has 0 aromatic carbocycles. The summed E-state index contributed by atoms with van der Waals surface area (Å²) < 4.78 is 5.14. The Morgan fingerprint density at radius 2 is 2.12 bits per heavy atom. The van der Waals surface area contributed by atoms with Crippen LogP contribution < -0.4 is 5.32 Å². The molecule has 0 spiro atoms. The summed E-state index contributed by atoms with van der Waals surface area (Å²) in [5, 5.41) is 11.8. The van der Waals surface area contributed by atoms with Crippen molar-refractivity contribution in [3.63, 3.8) is 0 Å². The van der Waals surface area contributed by atoms with Crippen LogP contribution in [0.3, 0.4) is 0 Å². The van der Waals surface area contributed by atoms with Crippen molar-refractivity contribution in [2.45, 2.75) is 39.4 Å². The zero-order chi connectivity index (χ0) is 13.1. The van der Waals surface area contributed by atoms with E-state index in [-0.39, 0.29) is 6.10 Å². The van der Waals surface area contributed by atoms with E-state index in [1.807, 2.05) is 6.92 Å². The summed E-state index contributed by atoms with van der Waals surface area (Å²) in [6.45, 7) is 8.85. The Labute approximate surface area is 102 Å². The SMILES string of the molecule is CCN=C(NC(=O)OC(C)(C)C)N1CC(O)C1. The van der Waals surface area contributed by atoms with Crippen LogP contribution in [0.2, 0.25) is 0 Å². The Bertz CT molecular complexity index is 304. The quantitative estimate of drug-likeness (QED) is 0.521. The van der Waals surface area contributed by atoms with E-state index < -0.39 is 11.7 Å². The van der Waals surface area contributed by atoms with Crippen molar-refractivity contribution in [2.24, 2.45) is 4.99 Å². The van der Waals surface area contributed by atoms with Crippen molar-refractivity contribution in [3.05, 3.63) is 0 Å². The number of rotatable bonds is 1. The van der Waals surface area contributed by atoms with Gasteiger partial charge < -0.3 is 14.7 Å². The number of alkyl carbamates (subject to hydrolysis) is 1. The van der Waals surface area contributed by atoms with Crippen LogP contribution in [0.1, 0.15) is 27.7 Å². The third kappa shape index (κ3) is 4.60. The molecule has 0 unspecified atom stereocenters. The smallest absolute Gasteiger partial charge is 0.414 e. The summed E-state index contributed by atoms with van der Waals surface area (Å²) in [7, 11) is 0. The Kier molecular flexibility index (Phi) is 4.34. The molecule has 1 amide bonds. The number of aliphatic imine (C=N–C) groups is 1. The summed E-state index contributed by atoms with van der Waals surface area (Å²) in [5.74, 6) is 0.465. The molecular formula is C11H21N3O3. The monoisotopic (exact) mass is 243 g/mol. The van der Waals surface area contributed by atoms with E-state index in [0.717, 1.165) is 0 Å². The predicted molar refractivity (Wildman–Crippen MR) is 64.9 cm³/mol. The second-order valence-electron chi connectivity index (χ2n) is 4.98. The van der Waals surface area contributed by atoms with Crippen LogP contribution >= 0.6 is 0 Å². The Balaban J connectivity index is 2.50. The lowest BCUT2D eigenvalue weighted by Gasteiger charge is -2.38. The zero-order valence-electron chi connectivity index (χ0n) is 10.9. The van der Waals surface area contributed by atoms with Gasteiger partial charge in [-0.15, -0.1) is 0 Å². The van der Waals surface area contributed by atoms with Crippen molar-refractivity contribution in [3.8, 4) is 0 Å². The van der Waals surface area contributed by atoms with Crippen LogP contribution in [0.25, 0.3) is 0 Å². The molecule has 6 heteroatoms. The first kappa shape index (κ1) is 13.8. The molecule has 6 nitrogen and oxygen atoms in total. The van der Waals surface area contributed by atoms with Crippen LogP contribution in [0.5, 0.6) is 0 Å². The van der Waals surface area contributed by atoms with Crippen molar-refractivity contribution in [2.75, 3.05) is 19.6 Å². The normalized spacial score (nSPS) is 17.7. The highest BCUT2D eigenvalue weighted by molar-refractivity contribution is 5.94. The summed E-state index contributed by atoms with van der Waals surface area (Å²) >= 11 is 0. The molecule has 1 aliphatic rings. The van der Waals surface area contributed by atoms with Gasteiger partial charge in [-0.1, -0.05) is 0 Å². The number of carbonyl (C=O) groups excluding carboxylic acids is 1. The molecule has 0 atom stereocenters. The van der Waals surface area contributed by atoms with E-state index in [0.29, 0.717) is 25.6 Å². The summed E-state index contributed by atoms with van der Waals surface area (Å²) in [5.41, 5.74) is -0.532. The number of nitrogens with zero attached hydrogens (tertiary/aromatic N) is 2. The summed E-state index contributed by atoms with van der Waals surface area (Å²) in [6.07, 6.45) is -0.858. The lowest BCUT2D eigenvalue weighted by Crippen LogP contribution is -2.58. The van der Waals surface area contributed by atoms with Gasteiger partial charge in [0.2, 0.25) is 5.96 Å². The standard InChI is InChI=1S/C11H21N3O3/c1-5-12-9(14-6-8(15)7-14)13-10(16)17-11(2,3)4/h8,15H,5-7H2,1-4H3,(H,12,13,16). The van der Waals surface area contributed by atoms with Crippen LogP contribution in [-0.4, -0.2) is 53.4 Å². The molecule has 1 rings (SSSR count). The summed E-state index contributed by atoms with van der Waals surface area (Å²) in [4.78, 5) is 17.5. The fraction of sp³-hybridized carbons (Fsp3) is 0.818. The summed E-state index contributed by atoms with van der Waals surface area (Å²) in [6, 6.07) is 0. The molecule has 1 saturated heterocycles. The molecular weight excluding hydrogens is 222 g/mol. The van der Waals surface area contributed by atoms with Gasteiger partial charge in [0.25, 0.3) is 0 Å². The first-order valence-electron chi connectivity index (χ1n) is 5.79. The second kappa shape index (κ2) is 5.35. The number of hydrogen-bond acceptors (Lipinski definition) is 4. The number of aliphatic hydroxyl groups is 1. The lowest BCUT2D eigenvalue weighted by atomic mass is 10.2. The van der Waals surface area contributed by atoms with Crippen LogP contribution in [-0.2, 0) is 4.74 Å². The molecule has 0 aromatic rings. The third-order valence-corrected chi connectivity index (χ3v) is 2.08. The molecule has 0 radical (unpaired) electrons. The lowest BCUT2D eigenvalue weighted by molar-refractivity contribution is 0.0385. The minimum Gasteiger partial charge on any atom is -0.444 e. The maximum absolute atomic E-state index is 11.6. The molecule has 0 aromatic heterocycles. The number of likely N-dealkylation sites (tertiary alicyclic amines) is 1. The van der Waals surface area contributed by atoms with E-state index in [2.05, 4.69) is 10.3 Å². The molecule has 1 fully saturated rings. The fourth-order valence-corrected chi connectivity index (χ4v) is 1.39. The number of aliphatic hydroxyl groups excluding tert-OH is 1. The Morgan fingerprint density at radius 3 is 2.53 bits per heavy atom. The van der Waals surface area contributed by atoms with Gasteiger partial charge in [-0.25, -0.2) is 4.79 Å². The first-order chi connectivity index (χ1) is 7.81. The molecule has 1 heterocycles. The Morgan fingerprint density at radius 1 is 1.53 bits per heavy atom. The Hall–Kier alpha value is -1.30.